The van der Waals surface area contributed by atoms with E-state index in [4.69, 9.17) is 11.6 Å². The molecule has 1 aromatic heterocycles. The summed E-state index contributed by atoms with van der Waals surface area (Å²) in [6, 6.07) is 32.5. The van der Waals surface area contributed by atoms with E-state index in [9.17, 15) is 0 Å². The van der Waals surface area contributed by atoms with Crippen LogP contribution < -0.4 is 0 Å². The summed E-state index contributed by atoms with van der Waals surface area (Å²) in [5.41, 5.74) is 11.8. The van der Waals surface area contributed by atoms with Crippen LogP contribution in [0.5, 0.6) is 0 Å². The van der Waals surface area contributed by atoms with Crippen LogP contribution in [0, 0.1) is 5.82 Å². The van der Waals surface area contributed by atoms with Gasteiger partial charge in [0, 0.05) is 10.8 Å². The highest BCUT2D eigenvalue weighted by Gasteiger charge is 2.51. The van der Waals surface area contributed by atoms with Gasteiger partial charge in [0.1, 0.15) is 10.8 Å². The van der Waals surface area contributed by atoms with Crippen molar-refractivity contribution in [1.82, 2.24) is 4.57 Å². The van der Waals surface area contributed by atoms with Gasteiger partial charge in [0.05, 0.1) is 22.1 Å². The molecule has 2 aliphatic rings. The standard InChI is InChI=1S/C39H33ClFN/c1-37(2,3)22-15-18-33-26(19-22)27-20-23(38(4,5)6)21-31-35(27)42(33)36-30(16-17-32(41)34(36)40)39(31)28-13-9-7-11-24(28)25-12-8-10-14-29(25)39/h7-21H,1-6H3. The van der Waals surface area contributed by atoms with Gasteiger partial charge in [0.25, 0.3) is 0 Å². The first-order chi connectivity index (χ1) is 19.9. The Morgan fingerprint density at radius 1 is 0.619 bits per heavy atom. The smallest absolute Gasteiger partial charge is 0.143 e. The molecule has 0 bridgehead atoms. The Labute approximate surface area is 251 Å². The van der Waals surface area contributed by atoms with E-state index in [2.05, 4.69) is 125 Å². The summed E-state index contributed by atoms with van der Waals surface area (Å²) in [5, 5.41) is 2.52. The monoisotopic (exact) mass is 569 g/mol. The third-order valence-corrected chi connectivity index (χ3v) is 10.0. The van der Waals surface area contributed by atoms with Crippen LogP contribution >= 0.6 is 11.6 Å². The fraction of sp³-hybridized carbons (Fsp3) is 0.231. The maximum Gasteiger partial charge on any atom is 0.143 e. The largest absolute Gasteiger partial charge is 0.307 e. The van der Waals surface area contributed by atoms with E-state index in [0.29, 0.717) is 0 Å². The molecule has 1 spiro atoms. The molecule has 3 heteroatoms. The lowest BCUT2D eigenvalue weighted by atomic mass is 9.64. The average Bonchev–Trinajstić information content (AvgIpc) is 3.44. The zero-order valence-electron chi connectivity index (χ0n) is 24.9. The Hall–Kier alpha value is -3.88. The topological polar surface area (TPSA) is 4.93 Å². The molecule has 0 N–H and O–H groups in total. The van der Waals surface area contributed by atoms with Crippen molar-refractivity contribution >= 4 is 33.4 Å². The summed E-state index contributed by atoms with van der Waals surface area (Å²) in [5.74, 6) is -0.402. The normalized spacial score (nSPS) is 14.9. The van der Waals surface area contributed by atoms with Crippen molar-refractivity contribution in [2.75, 3.05) is 0 Å². The number of benzene rings is 5. The second kappa shape index (κ2) is 8.14. The van der Waals surface area contributed by atoms with Crippen molar-refractivity contribution < 1.29 is 4.39 Å². The molecule has 0 saturated carbocycles. The molecular weight excluding hydrogens is 537 g/mol. The number of hydrogen-bond donors (Lipinski definition) is 0. The molecule has 42 heavy (non-hydrogen) atoms. The number of rotatable bonds is 0. The summed E-state index contributed by atoms with van der Waals surface area (Å²) < 4.78 is 17.8. The van der Waals surface area contributed by atoms with Gasteiger partial charge in [-0.15, -0.1) is 0 Å². The van der Waals surface area contributed by atoms with Crippen molar-refractivity contribution in [3.05, 3.63) is 135 Å². The lowest BCUT2D eigenvalue weighted by Gasteiger charge is -2.40. The van der Waals surface area contributed by atoms with Gasteiger partial charge in [0.2, 0.25) is 0 Å². The van der Waals surface area contributed by atoms with Gasteiger partial charge in [-0.1, -0.05) is 120 Å². The van der Waals surface area contributed by atoms with Crippen LogP contribution in [0.1, 0.15) is 74.9 Å². The molecule has 208 valence electrons. The van der Waals surface area contributed by atoms with Crippen LogP contribution in [0.25, 0.3) is 38.6 Å². The molecule has 0 saturated heterocycles. The minimum Gasteiger partial charge on any atom is -0.307 e. The van der Waals surface area contributed by atoms with Crippen molar-refractivity contribution in [2.45, 2.75) is 57.8 Å². The summed E-state index contributed by atoms with van der Waals surface area (Å²) >= 11 is 7.05. The molecule has 0 amide bonds. The Balaban J connectivity index is 1.69. The first kappa shape index (κ1) is 25.8. The molecule has 0 atom stereocenters. The number of aromatic nitrogens is 1. The maximum atomic E-state index is 15.5. The molecule has 8 rings (SSSR count). The fourth-order valence-corrected chi connectivity index (χ4v) is 7.84. The number of nitrogens with zero attached hydrogens (tertiary/aromatic N) is 1. The van der Waals surface area contributed by atoms with Gasteiger partial charge in [-0.2, -0.15) is 0 Å². The van der Waals surface area contributed by atoms with Crippen LogP contribution in [0.2, 0.25) is 5.02 Å². The Morgan fingerprint density at radius 2 is 1.21 bits per heavy atom. The van der Waals surface area contributed by atoms with E-state index in [1.165, 1.54) is 49.7 Å². The zero-order valence-corrected chi connectivity index (χ0v) is 25.6. The molecule has 1 aliphatic carbocycles. The summed E-state index contributed by atoms with van der Waals surface area (Å²) in [6.45, 7) is 13.6. The van der Waals surface area contributed by atoms with Crippen LogP contribution in [0.3, 0.4) is 0 Å². The van der Waals surface area contributed by atoms with Crippen LogP contribution in [-0.2, 0) is 16.2 Å². The van der Waals surface area contributed by atoms with Gasteiger partial charge < -0.3 is 4.57 Å². The van der Waals surface area contributed by atoms with E-state index >= 15 is 4.39 Å². The predicted molar refractivity (Wildman–Crippen MR) is 174 cm³/mol. The van der Waals surface area contributed by atoms with Gasteiger partial charge in [-0.3, -0.25) is 0 Å². The van der Waals surface area contributed by atoms with E-state index in [0.717, 1.165) is 22.3 Å². The molecule has 1 aliphatic heterocycles. The van der Waals surface area contributed by atoms with Crippen molar-refractivity contribution in [3.8, 4) is 16.8 Å². The molecule has 0 unspecified atom stereocenters. The Kier molecular flexibility index (Phi) is 5.00. The lowest BCUT2D eigenvalue weighted by Crippen LogP contribution is -2.34. The minimum absolute atomic E-state index is 0.0144. The summed E-state index contributed by atoms with van der Waals surface area (Å²) in [4.78, 5) is 0. The highest BCUT2D eigenvalue weighted by Crippen LogP contribution is 2.62. The third kappa shape index (κ3) is 3.09. The van der Waals surface area contributed by atoms with Crippen molar-refractivity contribution in [2.24, 2.45) is 0 Å². The molecule has 0 fully saturated rings. The first-order valence-electron chi connectivity index (χ1n) is 14.8. The second-order valence-electron chi connectivity index (χ2n) is 14.1. The summed E-state index contributed by atoms with van der Waals surface area (Å²) in [6.07, 6.45) is 0. The molecule has 5 aromatic carbocycles. The van der Waals surface area contributed by atoms with Crippen molar-refractivity contribution in [3.63, 3.8) is 0 Å². The van der Waals surface area contributed by atoms with Gasteiger partial charge in [-0.05, 0) is 79.6 Å². The number of halogens is 2. The highest BCUT2D eigenvalue weighted by atomic mass is 35.5. The van der Waals surface area contributed by atoms with Gasteiger partial charge in [0.15, 0.2) is 0 Å². The maximum absolute atomic E-state index is 15.5. The molecule has 2 heterocycles. The van der Waals surface area contributed by atoms with E-state index in [-0.39, 0.29) is 15.9 Å². The van der Waals surface area contributed by atoms with E-state index in [1.807, 2.05) is 6.07 Å². The van der Waals surface area contributed by atoms with E-state index in [1.54, 1.807) is 6.07 Å². The number of fused-ring (bicyclic) bond motifs is 12. The Bertz CT molecular complexity index is 2090. The SMILES string of the molecule is CC(C)(C)c1ccc2c(c1)c1cc(C(C)(C)C)cc3c1n2-c1c(ccc(F)c1Cl)C31c2ccccc2-c2ccccc21. The summed E-state index contributed by atoms with van der Waals surface area (Å²) in [7, 11) is 0. The predicted octanol–water partition coefficient (Wildman–Crippen LogP) is 10.8. The quantitative estimate of drug-likeness (QED) is 0.171. The lowest BCUT2D eigenvalue weighted by molar-refractivity contribution is 0.588. The van der Waals surface area contributed by atoms with Crippen LogP contribution in [0.4, 0.5) is 4.39 Å². The van der Waals surface area contributed by atoms with Gasteiger partial charge >= 0.3 is 0 Å². The first-order valence-corrected chi connectivity index (χ1v) is 15.1. The highest BCUT2D eigenvalue weighted by molar-refractivity contribution is 6.33. The molecular formula is C39H33ClFN. The second-order valence-corrected chi connectivity index (χ2v) is 14.5. The average molecular weight is 570 g/mol. The van der Waals surface area contributed by atoms with Gasteiger partial charge in [-0.25, -0.2) is 4.39 Å². The van der Waals surface area contributed by atoms with E-state index < -0.39 is 11.2 Å². The minimum atomic E-state index is -0.642. The zero-order chi connectivity index (χ0) is 29.3. The van der Waals surface area contributed by atoms with Crippen LogP contribution in [0.15, 0.2) is 91.0 Å². The third-order valence-electron chi connectivity index (χ3n) is 9.65. The molecule has 0 radical (unpaired) electrons. The number of hydrogen-bond acceptors (Lipinski definition) is 0. The van der Waals surface area contributed by atoms with Crippen LogP contribution in [-0.4, -0.2) is 4.57 Å². The Morgan fingerprint density at radius 3 is 1.83 bits per heavy atom. The molecule has 1 nitrogen and oxygen atoms in total. The molecule has 6 aromatic rings. The fourth-order valence-electron chi connectivity index (χ4n) is 7.59. The van der Waals surface area contributed by atoms with Crippen molar-refractivity contribution in [1.29, 1.82) is 0 Å².